The number of phenols is 1. The smallest absolute Gasteiger partial charge is 0.285 e. The lowest BCUT2D eigenvalue weighted by Crippen LogP contribution is -2.33. The fourth-order valence-electron chi connectivity index (χ4n) is 1.99. The minimum Gasteiger partial charge on any atom is -0.507 e. The Morgan fingerprint density at radius 2 is 1.96 bits per heavy atom. The molecule has 0 spiro atoms. The number of anilines is 1. The Balaban J connectivity index is 1.86. The molecule has 1 aliphatic rings. The molecule has 1 aliphatic heterocycles. The summed E-state index contributed by atoms with van der Waals surface area (Å²) in [5, 5.41) is 11.2. The summed E-state index contributed by atoms with van der Waals surface area (Å²) in [5.41, 5.74) is 4.32. The first kappa shape index (κ1) is 16.0. The van der Waals surface area contributed by atoms with Gasteiger partial charge in [-0.15, -0.1) is 0 Å². The van der Waals surface area contributed by atoms with E-state index in [9.17, 15) is 9.90 Å². The SMILES string of the molecule is O=C1C(=Cc2cc(Br)ccc2O)SC(=S)N1Nc1ccccc1. The van der Waals surface area contributed by atoms with Crippen molar-refractivity contribution < 1.29 is 9.90 Å². The van der Waals surface area contributed by atoms with Gasteiger partial charge in [0.1, 0.15) is 5.75 Å². The van der Waals surface area contributed by atoms with Crippen LogP contribution >= 0.6 is 39.9 Å². The number of nitrogens with zero attached hydrogens (tertiary/aromatic N) is 1. The first-order valence-corrected chi connectivity index (χ1v) is 8.64. The molecule has 0 aromatic heterocycles. The van der Waals surface area contributed by atoms with E-state index >= 15 is 0 Å². The Morgan fingerprint density at radius 1 is 1.22 bits per heavy atom. The topological polar surface area (TPSA) is 52.6 Å². The number of carbonyl (C=O) groups excluding carboxylic acids is 1. The van der Waals surface area contributed by atoms with Gasteiger partial charge < -0.3 is 5.11 Å². The molecule has 0 unspecified atom stereocenters. The molecule has 2 aromatic rings. The molecule has 116 valence electrons. The number of rotatable bonds is 3. The van der Waals surface area contributed by atoms with Crippen molar-refractivity contribution in [1.29, 1.82) is 0 Å². The molecule has 1 fully saturated rings. The number of hydrogen-bond acceptors (Lipinski definition) is 5. The van der Waals surface area contributed by atoms with Crippen molar-refractivity contribution in [2.75, 3.05) is 5.43 Å². The van der Waals surface area contributed by atoms with Crippen LogP contribution in [0.25, 0.3) is 6.08 Å². The van der Waals surface area contributed by atoms with Gasteiger partial charge in [0, 0.05) is 10.0 Å². The predicted molar refractivity (Wildman–Crippen MR) is 101 cm³/mol. The van der Waals surface area contributed by atoms with E-state index in [4.69, 9.17) is 12.2 Å². The van der Waals surface area contributed by atoms with Gasteiger partial charge in [0.2, 0.25) is 0 Å². The number of nitrogens with one attached hydrogen (secondary N) is 1. The van der Waals surface area contributed by atoms with Crippen LogP contribution in [0.15, 0.2) is 57.9 Å². The molecule has 7 heteroatoms. The monoisotopic (exact) mass is 406 g/mol. The highest BCUT2D eigenvalue weighted by atomic mass is 79.9. The van der Waals surface area contributed by atoms with Crippen LogP contribution in [0.5, 0.6) is 5.75 Å². The summed E-state index contributed by atoms with van der Waals surface area (Å²) in [5.74, 6) is -0.141. The standard InChI is InChI=1S/C16H11BrN2O2S2/c17-11-6-7-13(20)10(8-11)9-14-15(21)19(16(22)23-14)18-12-4-2-1-3-5-12/h1-9,18,20H. The number of benzene rings is 2. The van der Waals surface area contributed by atoms with E-state index in [-0.39, 0.29) is 11.7 Å². The minimum absolute atomic E-state index is 0.106. The number of amides is 1. The van der Waals surface area contributed by atoms with Crippen LogP contribution in [0.1, 0.15) is 5.56 Å². The summed E-state index contributed by atoms with van der Waals surface area (Å²) in [6.07, 6.45) is 1.63. The minimum atomic E-state index is -0.247. The Labute approximate surface area is 151 Å². The van der Waals surface area contributed by atoms with Gasteiger partial charge in [-0.3, -0.25) is 10.2 Å². The van der Waals surface area contributed by atoms with Gasteiger partial charge >= 0.3 is 0 Å². The van der Waals surface area contributed by atoms with Gasteiger partial charge in [0.05, 0.1) is 10.6 Å². The van der Waals surface area contributed by atoms with Crippen LogP contribution < -0.4 is 5.43 Å². The quantitative estimate of drug-likeness (QED) is 0.584. The molecular weight excluding hydrogens is 396 g/mol. The Hall–Kier alpha value is -1.83. The summed E-state index contributed by atoms with van der Waals surface area (Å²) >= 11 is 9.80. The van der Waals surface area contributed by atoms with E-state index in [1.807, 2.05) is 30.3 Å². The van der Waals surface area contributed by atoms with Crippen molar-refractivity contribution in [3.05, 3.63) is 63.5 Å². The summed E-state index contributed by atoms with van der Waals surface area (Å²) in [6, 6.07) is 14.4. The van der Waals surface area contributed by atoms with Gasteiger partial charge in [0.15, 0.2) is 4.32 Å². The molecule has 2 aromatic carbocycles. The number of thiocarbonyl (C=S) groups is 1. The zero-order valence-electron chi connectivity index (χ0n) is 11.7. The Morgan fingerprint density at radius 3 is 2.70 bits per heavy atom. The lowest BCUT2D eigenvalue weighted by atomic mass is 10.2. The van der Waals surface area contributed by atoms with Crippen molar-refractivity contribution in [2.45, 2.75) is 0 Å². The van der Waals surface area contributed by atoms with E-state index in [0.717, 1.165) is 10.2 Å². The lowest BCUT2D eigenvalue weighted by Gasteiger charge is -2.16. The van der Waals surface area contributed by atoms with Gasteiger partial charge in [-0.1, -0.05) is 45.9 Å². The first-order valence-electron chi connectivity index (χ1n) is 6.63. The zero-order chi connectivity index (χ0) is 16.4. The highest BCUT2D eigenvalue weighted by Gasteiger charge is 2.32. The summed E-state index contributed by atoms with van der Waals surface area (Å²) in [6.45, 7) is 0. The van der Waals surface area contributed by atoms with Crippen molar-refractivity contribution in [2.24, 2.45) is 0 Å². The third-order valence-corrected chi connectivity index (χ3v) is 4.88. The fraction of sp³-hybridized carbons (Fsp3) is 0. The largest absolute Gasteiger partial charge is 0.507 e. The highest BCUT2D eigenvalue weighted by molar-refractivity contribution is 9.10. The number of thioether (sulfide) groups is 1. The van der Waals surface area contributed by atoms with E-state index in [0.29, 0.717) is 14.8 Å². The molecule has 0 saturated carbocycles. The average Bonchev–Trinajstić information content (AvgIpc) is 2.80. The number of hydrogen-bond donors (Lipinski definition) is 2. The van der Waals surface area contributed by atoms with Crippen LogP contribution in [-0.2, 0) is 4.79 Å². The Bertz CT molecular complexity index is 809. The van der Waals surface area contributed by atoms with Crippen molar-refractivity contribution >= 4 is 61.9 Å². The number of phenolic OH excluding ortho intramolecular Hbond substituents is 1. The normalized spacial score (nSPS) is 16.2. The molecule has 23 heavy (non-hydrogen) atoms. The third-order valence-electron chi connectivity index (χ3n) is 3.08. The third kappa shape index (κ3) is 3.57. The van der Waals surface area contributed by atoms with Crippen LogP contribution in [0.2, 0.25) is 0 Å². The first-order chi connectivity index (χ1) is 11.0. The maximum Gasteiger partial charge on any atom is 0.285 e. The maximum atomic E-state index is 12.5. The van der Waals surface area contributed by atoms with Crippen molar-refractivity contribution in [3.8, 4) is 5.75 Å². The van der Waals surface area contributed by atoms with Gasteiger partial charge in [-0.2, -0.15) is 0 Å². The second-order valence-corrected chi connectivity index (χ2v) is 7.29. The van der Waals surface area contributed by atoms with Gasteiger partial charge in [-0.05, 0) is 48.6 Å². The van der Waals surface area contributed by atoms with E-state index in [2.05, 4.69) is 21.4 Å². The molecule has 2 N–H and O–H groups in total. The molecule has 0 radical (unpaired) electrons. The predicted octanol–water partition coefficient (Wildman–Crippen LogP) is 4.38. The van der Waals surface area contributed by atoms with Crippen molar-refractivity contribution in [3.63, 3.8) is 0 Å². The molecular formula is C16H11BrN2O2S2. The maximum absolute atomic E-state index is 12.5. The fourth-order valence-corrected chi connectivity index (χ4v) is 3.54. The van der Waals surface area contributed by atoms with E-state index in [1.165, 1.54) is 16.8 Å². The second kappa shape index (κ2) is 6.74. The number of para-hydroxylation sites is 1. The highest BCUT2D eigenvalue weighted by Crippen LogP contribution is 2.34. The van der Waals surface area contributed by atoms with E-state index < -0.39 is 0 Å². The molecule has 0 bridgehead atoms. The number of carbonyl (C=O) groups is 1. The van der Waals surface area contributed by atoms with Gasteiger partial charge in [-0.25, -0.2) is 5.01 Å². The number of hydrazine groups is 1. The van der Waals surface area contributed by atoms with Crippen LogP contribution in [-0.4, -0.2) is 20.3 Å². The molecule has 0 atom stereocenters. The van der Waals surface area contributed by atoms with Gasteiger partial charge in [0.25, 0.3) is 5.91 Å². The van der Waals surface area contributed by atoms with Crippen LogP contribution in [0.3, 0.4) is 0 Å². The summed E-state index contributed by atoms with van der Waals surface area (Å²) in [7, 11) is 0. The number of halogens is 1. The van der Waals surface area contributed by atoms with E-state index in [1.54, 1.807) is 24.3 Å². The summed E-state index contributed by atoms with van der Waals surface area (Å²) in [4.78, 5) is 13.0. The molecule has 1 saturated heterocycles. The Kier molecular flexibility index (Phi) is 4.70. The van der Waals surface area contributed by atoms with Crippen LogP contribution in [0.4, 0.5) is 5.69 Å². The zero-order valence-corrected chi connectivity index (χ0v) is 14.9. The number of aromatic hydroxyl groups is 1. The molecule has 3 rings (SSSR count). The molecule has 1 heterocycles. The molecule has 1 amide bonds. The lowest BCUT2D eigenvalue weighted by molar-refractivity contribution is -0.121. The average molecular weight is 407 g/mol. The molecule has 4 nitrogen and oxygen atoms in total. The summed E-state index contributed by atoms with van der Waals surface area (Å²) < 4.78 is 1.24. The van der Waals surface area contributed by atoms with Crippen molar-refractivity contribution in [1.82, 2.24) is 5.01 Å². The molecule has 0 aliphatic carbocycles. The van der Waals surface area contributed by atoms with Crippen LogP contribution in [0, 0.1) is 0 Å². The second-order valence-electron chi connectivity index (χ2n) is 4.70.